The largest absolute Gasteiger partial charge is 0.448 e. The van der Waals surface area contributed by atoms with Crippen molar-refractivity contribution in [3.05, 3.63) is 82.6 Å². The van der Waals surface area contributed by atoms with Crippen LogP contribution in [0.5, 0.6) is 0 Å². The number of rotatable bonds is 4. The first kappa shape index (κ1) is 17.2. The number of hydrogen-bond donors (Lipinski definition) is 1. The van der Waals surface area contributed by atoms with Gasteiger partial charge in [-0.15, -0.1) is 0 Å². The van der Waals surface area contributed by atoms with Gasteiger partial charge in [0, 0.05) is 11.6 Å². The van der Waals surface area contributed by atoms with Gasteiger partial charge in [-0.25, -0.2) is 9.48 Å². The lowest BCUT2D eigenvalue weighted by Gasteiger charge is -2.13. The zero-order valence-corrected chi connectivity index (χ0v) is 14.1. The van der Waals surface area contributed by atoms with Gasteiger partial charge in [0.2, 0.25) is 0 Å². The average molecular weight is 351 g/mol. The standard InChI is InChI=1S/C19H17N3O4/c1-2-26-19(25)22-16(20-18(24)14-9-5-3-6-10-14)13-17(23)21(22)15-11-7-4-8-12-15/h3-13H,2H2,1H3,(H,20,24). The Morgan fingerprint density at radius 1 is 1.00 bits per heavy atom. The molecule has 0 aliphatic carbocycles. The van der Waals surface area contributed by atoms with Crippen molar-refractivity contribution < 1.29 is 14.3 Å². The fourth-order valence-corrected chi connectivity index (χ4v) is 2.49. The monoisotopic (exact) mass is 351 g/mol. The molecule has 0 spiro atoms. The number of benzene rings is 2. The first-order chi connectivity index (χ1) is 12.6. The Bertz CT molecular complexity index is 975. The summed E-state index contributed by atoms with van der Waals surface area (Å²) in [5.74, 6) is -0.403. The molecule has 1 amide bonds. The second kappa shape index (κ2) is 7.52. The summed E-state index contributed by atoms with van der Waals surface area (Å²) in [6.45, 7) is 1.79. The SMILES string of the molecule is CCOC(=O)n1c(NC(=O)c2ccccc2)cc(=O)n1-c1ccccc1. The maximum Gasteiger partial charge on any atom is 0.435 e. The van der Waals surface area contributed by atoms with Crippen LogP contribution in [-0.2, 0) is 4.74 Å². The molecule has 0 radical (unpaired) electrons. The molecule has 0 fully saturated rings. The second-order valence-corrected chi connectivity index (χ2v) is 5.35. The molecule has 1 aromatic heterocycles. The number of carbonyl (C=O) groups is 2. The van der Waals surface area contributed by atoms with Crippen LogP contribution in [0.4, 0.5) is 10.6 Å². The molecule has 3 aromatic rings. The zero-order valence-electron chi connectivity index (χ0n) is 14.1. The molecule has 0 unspecified atom stereocenters. The van der Waals surface area contributed by atoms with Crippen molar-refractivity contribution in [1.82, 2.24) is 9.36 Å². The van der Waals surface area contributed by atoms with E-state index in [-0.39, 0.29) is 12.4 Å². The van der Waals surface area contributed by atoms with Gasteiger partial charge >= 0.3 is 6.09 Å². The Balaban J connectivity index is 2.07. The van der Waals surface area contributed by atoms with Gasteiger partial charge in [0.25, 0.3) is 11.5 Å². The molecule has 3 rings (SSSR count). The van der Waals surface area contributed by atoms with Gasteiger partial charge in [-0.1, -0.05) is 36.4 Å². The molecule has 2 aromatic carbocycles. The smallest absolute Gasteiger partial charge is 0.435 e. The Hall–Kier alpha value is -3.61. The third kappa shape index (κ3) is 3.41. The van der Waals surface area contributed by atoms with Gasteiger partial charge in [-0.3, -0.25) is 9.59 Å². The normalized spacial score (nSPS) is 10.3. The van der Waals surface area contributed by atoms with Crippen LogP contribution in [0.3, 0.4) is 0 Å². The van der Waals surface area contributed by atoms with E-state index in [9.17, 15) is 14.4 Å². The van der Waals surface area contributed by atoms with Crippen molar-refractivity contribution in [2.45, 2.75) is 6.92 Å². The number of anilines is 1. The van der Waals surface area contributed by atoms with Gasteiger partial charge in [-0.2, -0.15) is 4.68 Å². The maximum atomic E-state index is 12.5. The molecule has 1 N–H and O–H groups in total. The van der Waals surface area contributed by atoms with Gasteiger partial charge in [0.1, 0.15) is 5.82 Å². The number of hydrogen-bond acceptors (Lipinski definition) is 4. The molecule has 0 bridgehead atoms. The number of nitrogens with one attached hydrogen (secondary N) is 1. The number of aromatic nitrogens is 2. The third-order valence-electron chi connectivity index (χ3n) is 3.62. The summed E-state index contributed by atoms with van der Waals surface area (Å²) < 4.78 is 7.21. The minimum atomic E-state index is -0.762. The van der Waals surface area contributed by atoms with Crippen molar-refractivity contribution in [2.75, 3.05) is 11.9 Å². The van der Waals surface area contributed by atoms with E-state index in [0.717, 1.165) is 9.36 Å². The lowest BCUT2D eigenvalue weighted by molar-refractivity contribution is 0.102. The summed E-state index contributed by atoms with van der Waals surface area (Å²) in [5, 5.41) is 2.60. The van der Waals surface area contributed by atoms with E-state index in [1.54, 1.807) is 67.6 Å². The number of carbonyl (C=O) groups excluding carboxylic acids is 2. The van der Waals surface area contributed by atoms with Gasteiger partial charge in [-0.05, 0) is 31.2 Å². The fraction of sp³-hybridized carbons (Fsp3) is 0.105. The van der Waals surface area contributed by atoms with Crippen molar-refractivity contribution >= 4 is 17.8 Å². The summed E-state index contributed by atoms with van der Waals surface area (Å²) in [5.41, 5.74) is 0.418. The van der Waals surface area contributed by atoms with E-state index in [1.807, 2.05) is 0 Å². The highest BCUT2D eigenvalue weighted by Crippen LogP contribution is 2.14. The third-order valence-corrected chi connectivity index (χ3v) is 3.62. The second-order valence-electron chi connectivity index (χ2n) is 5.35. The molecule has 132 valence electrons. The number of nitrogens with zero attached hydrogens (tertiary/aromatic N) is 2. The van der Waals surface area contributed by atoms with Crippen molar-refractivity contribution in [1.29, 1.82) is 0 Å². The minimum Gasteiger partial charge on any atom is -0.448 e. The number of ether oxygens (including phenoxy) is 1. The van der Waals surface area contributed by atoms with E-state index in [2.05, 4.69) is 5.32 Å². The first-order valence-corrected chi connectivity index (χ1v) is 8.06. The highest BCUT2D eigenvalue weighted by molar-refractivity contribution is 6.04. The first-order valence-electron chi connectivity index (χ1n) is 8.06. The summed E-state index contributed by atoms with van der Waals surface area (Å²) in [4.78, 5) is 37.3. The highest BCUT2D eigenvalue weighted by Gasteiger charge is 2.21. The molecule has 0 aliphatic heterocycles. The molecular formula is C19H17N3O4. The molecule has 7 nitrogen and oxygen atoms in total. The molecule has 7 heteroatoms. The van der Waals surface area contributed by atoms with Crippen LogP contribution >= 0.6 is 0 Å². The van der Waals surface area contributed by atoms with E-state index in [0.29, 0.717) is 11.3 Å². The topological polar surface area (TPSA) is 82.3 Å². The summed E-state index contributed by atoms with van der Waals surface area (Å²) in [6, 6.07) is 18.3. The minimum absolute atomic E-state index is 0.0335. The average Bonchev–Trinajstić information content (AvgIpc) is 2.99. The molecule has 0 atom stereocenters. The Morgan fingerprint density at radius 2 is 1.62 bits per heavy atom. The predicted molar refractivity (Wildman–Crippen MR) is 96.8 cm³/mol. The van der Waals surface area contributed by atoms with Gasteiger partial charge in [0.05, 0.1) is 12.3 Å². The van der Waals surface area contributed by atoms with E-state index < -0.39 is 17.6 Å². The molecule has 1 heterocycles. The number of para-hydroxylation sites is 1. The molecule has 0 saturated heterocycles. The maximum absolute atomic E-state index is 12.5. The summed E-state index contributed by atoms with van der Waals surface area (Å²) in [6.07, 6.45) is -0.762. The van der Waals surface area contributed by atoms with Crippen LogP contribution in [-0.4, -0.2) is 28.0 Å². The van der Waals surface area contributed by atoms with E-state index in [1.165, 1.54) is 6.07 Å². The summed E-state index contributed by atoms with van der Waals surface area (Å²) in [7, 11) is 0. The molecule has 26 heavy (non-hydrogen) atoms. The Labute approximate surface area is 149 Å². The molecule has 0 saturated carbocycles. The fourth-order valence-electron chi connectivity index (χ4n) is 2.49. The molecule has 0 aliphatic rings. The van der Waals surface area contributed by atoms with Crippen molar-refractivity contribution in [3.8, 4) is 5.69 Å². The van der Waals surface area contributed by atoms with Crippen LogP contribution < -0.4 is 10.9 Å². The Morgan fingerprint density at radius 3 is 2.23 bits per heavy atom. The number of amides is 1. The van der Waals surface area contributed by atoms with Gasteiger partial charge < -0.3 is 10.1 Å². The van der Waals surface area contributed by atoms with E-state index >= 15 is 0 Å². The van der Waals surface area contributed by atoms with Gasteiger partial charge in [0.15, 0.2) is 0 Å². The van der Waals surface area contributed by atoms with Crippen LogP contribution in [0.1, 0.15) is 17.3 Å². The predicted octanol–water partition coefficient (Wildman–Crippen LogP) is 2.90. The lowest BCUT2D eigenvalue weighted by atomic mass is 10.2. The quantitative estimate of drug-likeness (QED) is 0.783. The van der Waals surface area contributed by atoms with Crippen molar-refractivity contribution in [3.63, 3.8) is 0 Å². The van der Waals surface area contributed by atoms with Crippen LogP contribution in [0, 0.1) is 0 Å². The van der Waals surface area contributed by atoms with Crippen LogP contribution in [0.2, 0.25) is 0 Å². The molecular weight excluding hydrogens is 334 g/mol. The van der Waals surface area contributed by atoms with E-state index in [4.69, 9.17) is 4.74 Å². The summed E-state index contributed by atoms with van der Waals surface area (Å²) >= 11 is 0. The van der Waals surface area contributed by atoms with Crippen molar-refractivity contribution in [2.24, 2.45) is 0 Å². The van der Waals surface area contributed by atoms with Crippen LogP contribution in [0.25, 0.3) is 5.69 Å². The van der Waals surface area contributed by atoms with Crippen LogP contribution in [0.15, 0.2) is 71.5 Å². The zero-order chi connectivity index (χ0) is 18.5. The Kier molecular flexibility index (Phi) is 4.98. The highest BCUT2D eigenvalue weighted by atomic mass is 16.6. The lowest BCUT2D eigenvalue weighted by Crippen LogP contribution is -2.28.